The van der Waals surface area contributed by atoms with Crippen LogP contribution in [-0.2, 0) is 0 Å². The fraction of sp³-hybridized carbons (Fsp3) is 0. The highest BCUT2D eigenvalue weighted by Gasteiger charge is 2.20. The van der Waals surface area contributed by atoms with Crippen LogP contribution in [0, 0.1) is 10.4 Å². The summed E-state index contributed by atoms with van der Waals surface area (Å²) in [4.78, 5) is 47.0. The van der Waals surface area contributed by atoms with E-state index in [1.807, 2.05) is 0 Å². The Kier molecular flexibility index (Phi) is 3.23. The molecule has 0 unspecified atom stereocenters. The van der Waals surface area contributed by atoms with E-state index in [-0.39, 0.29) is 0 Å². The molecule has 0 spiro atoms. The third-order valence-corrected chi connectivity index (χ3v) is 3.98. The highest BCUT2D eigenvalue weighted by Crippen LogP contribution is 2.15. The average Bonchev–Trinajstić information content (AvgIpc) is 2.35. The quantitative estimate of drug-likeness (QED) is 0.733. The predicted molar refractivity (Wildman–Crippen MR) is 69.2 cm³/mol. The molecule has 0 saturated carbocycles. The fourth-order valence-electron chi connectivity index (χ4n) is 1.50. The van der Waals surface area contributed by atoms with Gasteiger partial charge in [0.2, 0.25) is 21.7 Å². The first-order chi connectivity index (χ1) is 8.29. The summed E-state index contributed by atoms with van der Waals surface area (Å²) in [5, 5.41) is -3.86. The average molecular weight is 326 g/mol. The molecule has 18 heavy (non-hydrogen) atoms. The van der Waals surface area contributed by atoms with Crippen LogP contribution < -0.4 is 21.7 Å². The Morgan fingerprint density at radius 2 is 0.611 bits per heavy atom. The Balaban J connectivity index is 3.58. The minimum absolute atomic E-state index is 0.621. The Labute approximate surface area is 118 Å². The van der Waals surface area contributed by atoms with Gasteiger partial charge in [0.1, 0.15) is 20.1 Å². The summed E-state index contributed by atoms with van der Waals surface area (Å²) in [6.45, 7) is 0. The first-order valence-electron chi connectivity index (χ1n) is 4.32. The molecule has 0 bridgehead atoms. The van der Waals surface area contributed by atoms with E-state index < -0.39 is 52.2 Å². The van der Waals surface area contributed by atoms with Crippen molar-refractivity contribution in [3.63, 3.8) is 0 Å². The first kappa shape index (κ1) is 13.5. The van der Waals surface area contributed by atoms with Crippen molar-refractivity contribution in [1.82, 2.24) is 0 Å². The standard InChI is InChI=1S/C10Cl4O4/c11-3-5(13)9(17)2-1(7(3)15)8(16)4(12)6(14)10(2)18. The van der Waals surface area contributed by atoms with E-state index in [1.165, 1.54) is 0 Å². The molecular formula is C10Cl4O4. The topological polar surface area (TPSA) is 68.3 Å². The smallest absolute Gasteiger partial charge is 0.210 e. The largest absolute Gasteiger partial charge is 0.287 e. The molecule has 8 heteroatoms. The van der Waals surface area contributed by atoms with Gasteiger partial charge in [0.25, 0.3) is 0 Å². The minimum atomic E-state index is -1.02. The van der Waals surface area contributed by atoms with Crippen molar-refractivity contribution in [3.05, 3.63) is 71.4 Å². The van der Waals surface area contributed by atoms with Crippen LogP contribution in [0.3, 0.4) is 0 Å². The van der Waals surface area contributed by atoms with E-state index in [0.29, 0.717) is 0 Å². The summed E-state index contributed by atoms with van der Waals surface area (Å²) < 4.78 is 0. The zero-order chi connectivity index (χ0) is 13.8. The van der Waals surface area contributed by atoms with Crippen molar-refractivity contribution >= 4 is 46.4 Å². The third-order valence-electron chi connectivity index (χ3n) is 2.34. The lowest BCUT2D eigenvalue weighted by Crippen LogP contribution is -2.30. The number of rotatable bonds is 0. The van der Waals surface area contributed by atoms with Crippen LogP contribution in [0.4, 0.5) is 0 Å². The lowest BCUT2D eigenvalue weighted by molar-refractivity contribution is 1.28. The van der Waals surface area contributed by atoms with Crippen LogP contribution in [0.2, 0.25) is 20.1 Å². The summed E-state index contributed by atoms with van der Waals surface area (Å²) in [6, 6.07) is 0. The molecule has 0 aliphatic heterocycles. The molecule has 2 rings (SSSR count). The molecule has 0 radical (unpaired) electrons. The minimum Gasteiger partial charge on any atom is -0.287 e. The van der Waals surface area contributed by atoms with Crippen LogP contribution in [0.5, 0.6) is 0 Å². The zero-order valence-corrected chi connectivity index (χ0v) is 11.2. The van der Waals surface area contributed by atoms with Gasteiger partial charge in [0.05, 0.1) is 10.4 Å². The van der Waals surface area contributed by atoms with Gasteiger partial charge in [-0.05, 0) is 0 Å². The molecule has 2 aliphatic carbocycles. The number of hydrogen-bond donors (Lipinski definition) is 0. The highest BCUT2D eigenvalue weighted by atomic mass is 35.5. The summed E-state index contributed by atoms with van der Waals surface area (Å²) in [5.74, 6) is 0. The molecule has 92 valence electrons. The second-order valence-corrected chi connectivity index (χ2v) is 4.83. The number of halogens is 4. The predicted octanol–water partition coefficient (Wildman–Crippen LogP) is 1.34. The van der Waals surface area contributed by atoms with E-state index in [9.17, 15) is 19.2 Å². The molecule has 0 aromatic heterocycles. The molecular weight excluding hydrogens is 326 g/mol. The van der Waals surface area contributed by atoms with Crippen LogP contribution in [0.1, 0.15) is 0 Å². The molecule has 0 fully saturated rings. The summed E-state index contributed by atoms with van der Waals surface area (Å²) in [7, 11) is 0. The fourth-order valence-corrected chi connectivity index (χ4v) is 2.22. The van der Waals surface area contributed by atoms with Crippen LogP contribution in [0.25, 0.3) is 0 Å². The van der Waals surface area contributed by atoms with Crippen LogP contribution >= 0.6 is 46.4 Å². The summed E-state index contributed by atoms with van der Waals surface area (Å²) >= 11 is 22.1. The van der Waals surface area contributed by atoms with E-state index in [4.69, 9.17) is 46.4 Å². The van der Waals surface area contributed by atoms with Crippen LogP contribution in [0.15, 0.2) is 19.2 Å². The second-order valence-electron chi connectivity index (χ2n) is 3.32. The number of hydrogen-bond acceptors (Lipinski definition) is 4. The normalized spacial score (nSPS) is 11.1. The molecule has 0 saturated heterocycles. The SMILES string of the molecule is O=c1c(Cl)c(Cl)c(=O)c2c(=O)c(Cl)c(Cl)c(=O)c1=2. The van der Waals surface area contributed by atoms with Crippen molar-refractivity contribution in [3.8, 4) is 0 Å². The highest BCUT2D eigenvalue weighted by molar-refractivity contribution is 6.42. The maximum Gasteiger partial charge on any atom is 0.210 e. The van der Waals surface area contributed by atoms with Gasteiger partial charge in [0.15, 0.2) is 0 Å². The Bertz CT molecular complexity index is 789. The second kappa shape index (κ2) is 4.31. The van der Waals surface area contributed by atoms with E-state index in [1.54, 1.807) is 0 Å². The van der Waals surface area contributed by atoms with Gasteiger partial charge < -0.3 is 0 Å². The molecule has 0 heterocycles. The molecule has 2 aliphatic rings. The van der Waals surface area contributed by atoms with Gasteiger partial charge in [-0.25, -0.2) is 0 Å². The molecule has 0 aromatic rings. The Morgan fingerprint density at radius 1 is 0.444 bits per heavy atom. The van der Waals surface area contributed by atoms with Gasteiger partial charge in [-0.15, -0.1) is 0 Å². The first-order valence-corrected chi connectivity index (χ1v) is 5.83. The van der Waals surface area contributed by atoms with Crippen LogP contribution in [-0.4, -0.2) is 0 Å². The lowest BCUT2D eigenvalue weighted by Gasteiger charge is -1.97. The monoisotopic (exact) mass is 324 g/mol. The van der Waals surface area contributed by atoms with Gasteiger partial charge in [-0.3, -0.25) is 19.2 Å². The maximum atomic E-state index is 11.7. The molecule has 0 N–H and O–H groups in total. The molecule has 4 nitrogen and oxygen atoms in total. The van der Waals surface area contributed by atoms with Gasteiger partial charge in [-0.1, -0.05) is 46.4 Å². The van der Waals surface area contributed by atoms with Gasteiger partial charge >= 0.3 is 0 Å². The van der Waals surface area contributed by atoms with Gasteiger partial charge in [0, 0.05) is 0 Å². The maximum absolute atomic E-state index is 11.7. The lowest BCUT2D eigenvalue weighted by atomic mass is 10.1. The Morgan fingerprint density at radius 3 is 0.778 bits per heavy atom. The van der Waals surface area contributed by atoms with E-state index in [2.05, 4.69) is 0 Å². The van der Waals surface area contributed by atoms with Crippen molar-refractivity contribution in [2.24, 2.45) is 0 Å². The van der Waals surface area contributed by atoms with Crippen molar-refractivity contribution in [2.75, 3.05) is 0 Å². The third kappa shape index (κ3) is 1.61. The summed E-state index contributed by atoms with van der Waals surface area (Å²) in [6.07, 6.45) is 0. The molecule has 0 amide bonds. The zero-order valence-electron chi connectivity index (χ0n) is 8.14. The molecule has 0 atom stereocenters. The summed E-state index contributed by atoms with van der Waals surface area (Å²) in [5.41, 5.74) is -4.07. The molecule has 0 aromatic carbocycles. The van der Waals surface area contributed by atoms with Crippen molar-refractivity contribution in [1.29, 1.82) is 0 Å². The van der Waals surface area contributed by atoms with E-state index >= 15 is 0 Å². The van der Waals surface area contributed by atoms with Gasteiger partial charge in [-0.2, -0.15) is 0 Å². The Hall–Kier alpha value is -0.940. The van der Waals surface area contributed by atoms with Crippen molar-refractivity contribution < 1.29 is 0 Å². The van der Waals surface area contributed by atoms with Crippen molar-refractivity contribution in [2.45, 2.75) is 0 Å². The van der Waals surface area contributed by atoms with E-state index in [0.717, 1.165) is 0 Å².